The molecular formula is C23H16ClF3N4O3. The Bertz CT molecular complexity index is 1430. The number of fused-ring (bicyclic) bond motifs is 1. The first kappa shape index (κ1) is 23.2. The Morgan fingerprint density at radius 1 is 1.15 bits per heavy atom. The van der Waals surface area contributed by atoms with Gasteiger partial charge in [-0.15, -0.1) is 0 Å². The van der Waals surface area contributed by atoms with E-state index < -0.39 is 23.6 Å². The molecule has 0 aliphatic carbocycles. The summed E-state index contributed by atoms with van der Waals surface area (Å²) in [5.74, 6) is -1.90. The van der Waals surface area contributed by atoms with Gasteiger partial charge in [0.2, 0.25) is 0 Å². The van der Waals surface area contributed by atoms with E-state index in [0.717, 1.165) is 18.2 Å². The van der Waals surface area contributed by atoms with Crippen LogP contribution in [0, 0.1) is 0 Å². The highest BCUT2D eigenvalue weighted by molar-refractivity contribution is 6.33. The van der Waals surface area contributed by atoms with Gasteiger partial charge >= 0.3 is 12.1 Å². The maximum absolute atomic E-state index is 13.0. The van der Waals surface area contributed by atoms with E-state index in [9.17, 15) is 27.9 Å². The third-order valence-electron chi connectivity index (χ3n) is 5.09. The lowest BCUT2D eigenvalue weighted by Crippen LogP contribution is -2.14. The number of carbonyl (C=O) groups is 2. The largest absolute Gasteiger partial charge is 0.477 e. The molecular weight excluding hydrogens is 473 g/mol. The van der Waals surface area contributed by atoms with Crippen LogP contribution in [0.1, 0.15) is 38.9 Å². The molecule has 0 radical (unpaired) electrons. The zero-order chi connectivity index (χ0) is 24.6. The monoisotopic (exact) mass is 488 g/mol. The molecule has 0 atom stereocenters. The van der Waals surface area contributed by atoms with Crippen LogP contribution in [0.5, 0.6) is 0 Å². The van der Waals surface area contributed by atoms with Gasteiger partial charge in [0.05, 0.1) is 22.0 Å². The second-order valence-corrected chi connectivity index (χ2v) is 7.68. The molecule has 11 heteroatoms. The number of rotatable bonds is 5. The molecule has 0 aliphatic heterocycles. The summed E-state index contributed by atoms with van der Waals surface area (Å²) in [6.07, 6.45) is -2.79. The lowest BCUT2D eigenvalue weighted by atomic mass is 10.1. The number of hydrogen-bond donors (Lipinski definition) is 2. The number of amides is 1. The van der Waals surface area contributed by atoms with E-state index in [2.05, 4.69) is 15.4 Å². The van der Waals surface area contributed by atoms with E-state index in [-0.39, 0.29) is 27.5 Å². The minimum atomic E-state index is -4.58. The first-order chi connectivity index (χ1) is 16.1. The summed E-state index contributed by atoms with van der Waals surface area (Å²) in [5, 5.41) is 16.8. The highest BCUT2D eigenvalue weighted by atomic mass is 35.5. The molecule has 2 aromatic carbocycles. The predicted molar refractivity (Wildman–Crippen MR) is 119 cm³/mol. The van der Waals surface area contributed by atoms with Gasteiger partial charge < -0.3 is 10.4 Å². The molecule has 7 nitrogen and oxygen atoms in total. The van der Waals surface area contributed by atoms with E-state index in [0.29, 0.717) is 23.4 Å². The number of aryl methyl sites for hydroxylation is 1. The number of aromatic nitrogens is 3. The number of carboxylic acids is 1. The number of hydrogen-bond acceptors (Lipinski definition) is 4. The molecule has 0 fully saturated rings. The van der Waals surface area contributed by atoms with Gasteiger partial charge in [0.1, 0.15) is 5.56 Å². The first-order valence-electron chi connectivity index (χ1n) is 9.98. The number of nitrogens with one attached hydrogen (secondary N) is 1. The Morgan fingerprint density at radius 3 is 2.59 bits per heavy atom. The van der Waals surface area contributed by atoms with Crippen LogP contribution < -0.4 is 5.32 Å². The third-order valence-corrected chi connectivity index (χ3v) is 5.42. The quantitative estimate of drug-likeness (QED) is 0.382. The van der Waals surface area contributed by atoms with Crippen molar-refractivity contribution >= 4 is 34.8 Å². The van der Waals surface area contributed by atoms with Crippen LogP contribution >= 0.6 is 11.6 Å². The maximum atomic E-state index is 13.0. The van der Waals surface area contributed by atoms with Gasteiger partial charge in [0.25, 0.3) is 5.91 Å². The molecule has 4 rings (SSSR count). The van der Waals surface area contributed by atoms with Gasteiger partial charge in [-0.2, -0.15) is 18.3 Å². The summed E-state index contributed by atoms with van der Waals surface area (Å²) < 4.78 is 40.3. The lowest BCUT2D eigenvalue weighted by molar-refractivity contribution is -0.137. The lowest BCUT2D eigenvalue weighted by Gasteiger charge is -2.12. The Hall–Kier alpha value is -3.92. The number of nitrogens with zero attached hydrogens (tertiary/aromatic N) is 3. The second-order valence-electron chi connectivity index (χ2n) is 7.27. The molecule has 0 bridgehead atoms. The number of carbonyl (C=O) groups excluding carboxylic acids is 1. The van der Waals surface area contributed by atoms with Crippen molar-refractivity contribution in [2.45, 2.75) is 19.5 Å². The topological polar surface area (TPSA) is 96.6 Å². The summed E-state index contributed by atoms with van der Waals surface area (Å²) in [6.45, 7) is 1.77. The van der Waals surface area contributed by atoms with E-state index in [1.54, 1.807) is 13.0 Å². The molecule has 174 valence electrons. The standard InChI is InChI=1S/C23H16ClF3N4O3/c1-2-17-19(22(33)34)20-28-9-8-18(31(20)30-17)15-11-14(6-7-16(15)24)29-21(32)12-4-3-5-13(10-12)23(25,26)27/h3-11H,2H2,1H3,(H,29,32)(H,33,34). The van der Waals surface area contributed by atoms with Crippen molar-refractivity contribution in [3.05, 3.63) is 82.1 Å². The summed E-state index contributed by atoms with van der Waals surface area (Å²) in [6, 6.07) is 10.2. The van der Waals surface area contributed by atoms with Crippen LogP contribution in [-0.4, -0.2) is 31.6 Å². The maximum Gasteiger partial charge on any atom is 0.416 e. The number of carboxylic acid groups (broad SMARTS) is 1. The number of halogens is 4. The Balaban J connectivity index is 1.74. The highest BCUT2D eigenvalue weighted by Crippen LogP contribution is 2.33. The summed E-state index contributed by atoms with van der Waals surface area (Å²) in [7, 11) is 0. The molecule has 0 saturated heterocycles. The smallest absolute Gasteiger partial charge is 0.416 e. The average molecular weight is 489 g/mol. The highest BCUT2D eigenvalue weighted by Gasteiger charge is 2.31. The van der Waals surface area contributed by atoms with Crippen molar-refractivity contribution in [1.82, 2.24) is 14.6 Å². The van der Waals surface area contributed by atoms with Crippen LogP contribution in [0.2, 0.25) is 5.02 Å². The van der Waals surface area contributed by atoms with Crippen molar-refractivity contribution in [2.24, 2.45) is 0 Å². The Morgan fingerprint density at radius 2 is 1.91 bits per heavy atom. The van der Waals surface area contributed by atoms with Crippen molar-refractivity contribution < 1.29 is 27.9 Å². The zero-order valence-corrected chi connectivity index (χ0v) is 18.3. The second kappa shape index (κ2) is 8.79. The van der Waals surface area contributed by atoms with E-state index >= 15 is 0 Å². The number of alkyl halides is 3. The number of aromatic carboxylic acids is 1. The van der Waals surface area contributed by atoms with Gasteiger partial charge in [0.15, 0.2) is 5.65 Å². The first-order valence-corrected chi connectivity index (χ1v) is 10.4. The summed E-state index contributed by atoms with van der Waals surface area (Å²) in [4.78, 5) is 28.5. The van der Waals surface area contributed by atoms with Gasteiger partial charge in [-0.3, -0.25) is 4.79 Å². The van der Waals surface area contributed by atoms with E-state index in [1.807, 2.05) is 0 Å². The van der Waals surface area contributed by atoms with Gasteiger partial charge in [-0.1, -0.05) is 24.6 Å². The third kappa shape index (κ3) is 4.32. The molecule has 34 heavy (non-hydrogen) atoms. The normalized spacial score (nSPS) is 11.6. The molecule has 2 aromatic heterocycles. The molecule has 0 aliphatic rings. The molecule has 4 aromatic rings. The zero-order valence-electron chi connectivity index (χ0n) is 17.5. The van der Waals surface area contributed by atoms with Gasteiger partial charge in [-0.05, 0) is 48.9 Å². The minimum Gasteiger partial charge on any atom is -0.477 e. The fraction of sp³-hybridized carbons (Fsp3) is 0.130. The summed E-state index contributed by atoms with van der Waals surface area (Å²) >= 11 is 6.38. The average Bonchev–Trinajstić information content (AvgIpc) is 3.19. The fourth-order valence-electron chi connectivity index (χ4n) is 3.50. The van der Waals surface area contributed by atoms with Gasteiger partial charge in [-0.25, -0.2) is 14.3 Å². The van der Waals surface area contributed by atoms with Crippen LogP contribution in [0.25, 0.3) is 16.9 Å². The van der Waals surface area contributed by atoms with Crippen LogP contribution in [-0.2, 0) is 12.6 Å². The molecule has 0 saturated carbocycles. The van der Waals surface area contributed by atoms with Crippen LogP contribution in [0.4, 0.5) is 18.9 Å². The molecule has 2 N–H and O–H groups in total. The Labute approximate surface area is 195 Å². The predicted octanol–water partition coefficient (Wildman–Crippen LogP) is 5.58. The van der Waals surface area contributed by atoms with E-state index in [1.165, 1.54) is 35.0 Å². The Kier molecular flexibility index (Phi) is 6.01. The van der Waals surface area contributed by atoms with Crippen LogP contribution in [0.3, 0.4) is 0 Å². The van der Waals surface area contributed by atoms with Crippen molar-refractivity contribution in [1.29, 1.82) is 0 Å². The number of anilines is 1. The minimum absolute atomic E-state index is 0.0190. The molecule has 2 heterocycles. The van der Waals surface area contributed by atoms with Gasteiger partial charge in [0, 0.05) is 23.0 Å². The fourth-order valence-corrected chi connectivity index (χ4v) is 3.71. The van der Waals surface area contributed by atoms with E-state index in [4.69, 9.17) is 11.6 Å². The van der Waals surface area contributed by atoms with Crippen molar-refractivity contribution in [3.8, 4) is 11.3 Å². The van der Waals surface area contributed by atoms with Crippen molar-refractivity contribution in [2.75, 3.05) is 5.32 Å². The van der Waals surface area contributed by atoms with Crippen molar-refractivity contribution in [3.63, 3.8) is 0 Å². The number of benzene rings is 2. The van der Waals surface area contributed by atoms with Crippen LogP contribution in [0.15, 0.2) is 54.7 Å². The molecule has 1 amide bonds. The molecule has 0 unspecified atom stereocenters. The summed E-state index contributed by atoms with van der Waals surface area (Å²) in [5.41, 5.74) is 0.473. The molecule has 0 spiro atoms. The SMILES string of the molecule is CCc1nn2c(-c3cc(NC(=O)c4cccc(C(F)(F)F)c4)ccc3Cl)ccnc2c1C(=O)O.